The summed E-state index contributed by atoms with van der Waals surface area (Å²) in [6, 6.07) is 6.45. The van der Waals surface area contributed by atoms with Gasteiger partial charge < -0.3 is 9.72 Å². The van der Waals surface area contributed by atoms with Crippen LogP contribution in [-0.2, 0) is 0 Å². The molecule has 126 valence electrons. The first-order valence-corrected chi connectivity index (χ1v) is 8.05. The number of rotatable bonds is 4. The van der Waals surface area contributed by atoms with E-state index in [-0.39, 0.29) is 0 Å². The summed E-state index contributed by atoms with van der Waals surface area (Å²) in [4.78, 5) is 20.8. The highest BCUT2D eigenvalue weighted by atomic mass is 16.5. The quantitative estimate of drug-likeness (QED) is 0.619. The van der Waals surface area contributed by atoms with Gasteiger partial charge in [0.25, 0.3) is 0 Å². The molecule has 0 saturated carbocycles. The molecule has 0 aliphatic heterocycles. The maximum absolute atomic E-state index is 5.01. The van der Waals surface area contributed by atoms with E-state index in [0.29, 0.717) is 11.9 Å². The third kappa shape index (κ3) is 2.73. The molecule has 4 rings (SSSR count). The Hall–Kier alpha value is -3.22. The maximum Gasteiger partial charge on any atom is 0.316 e. The molecule has 0 saturated heterocycles. The second kappa shape index (κ2) is 6.01. The van der Waals surface area contributed by atoms with E-state index in [1.165, 1.54) is 0 Å². The Morgan fingerprint density at radius 2 is 1.92 bits per heavy atom. The number of aromatic nitrogens is 6. The summed E-state index contributed by atoms with van der Waals surface area (Å²) in [6.45, 7) is 4.24. The Bertz CT molecular complexity index is 1020. The second-order valence-electron chi connectivity index (χ2n) is 6.06. The Morgan fingerprint density at radius 1 is 1.12 bits per heavy atom. The number of imidazole rings is 2. The van der Waals surface area contributed by atoms with Gasteiger partial charge in [-0.1, -0.05) is 13.8 Å². The minimum atomic E-state index is 0.335. The highest BCUT2D eigenvalue weighted by Gasteiger charge is 2.12. The molecule has 0 aliphatic carbocycles. The van der Waals surface area contributed by atoms with Crippen LogP contribution in [0.5, 0.6) is 6.01 Å². The third-order valence-corrected chi connectivity index (χ3v) is 4.02. The molecule has 0 atom stereocenters. The van der Waals surface area contributed by atoms with Gasteiger partial charge in [-0.15, -0.1) is 0 Å². The van der Waals surface area contributed by atoms with Gasteiger partial charge in [0.05, 0.1) is 23.7 Å². The second-order valence-corrected chi connectivity index (χ2v) is 6.06. The van der Waals surface area contributed by atoms with Crippen molar-refractivity contribution in [1.82, 2.24) is 29.5 Å². The predicted molar refractivity (Wildman–Crippen MR) is 94.9 cm³/mol. The van der Waals surface area contributed by atoms with E-state index in [4.69, 9.17) is 4.74 Å². The molecule has 25 heavy (non-hydrogen) atoms. The predicted octanol–water partition coefficient (Wildman–Crippen LogP) is 3.34. The minimum Gasteiger partial charge on any atom is -0.467 e. The SMILES string of the molecule is COc1ncc(-c2nccn2-c2ccc3nc(C(C)C)[nH]c3c2)cn1. The van der Waals surface area contributed by atoms with Gasteiger partial charge in [-0.3, -0.25) is 4.57 Å². The molecular weight excluding hydrogens is 316 g/mol. The summed E-state index contributed by atoms with van der Waals surface area (Å²) in [5.41, 5.74) is 3.78. The molecule has 0 radical (unpaired) electrons. The zero-order valence-electron chi connectivity index (χ0n) is 14.3. The molecular formula is C18H18N6O. The summed E-state index contributed by atoms with van der Waals surface area (Å²) >= 11 is 0. The number of ether oxygens (including phenoxy) is 1. The van der Waals surface area contributed by atoms with E-state index in [0.717, 1.165) is 33.9 Å². The number of aromatic amines is 1. The van der Waals surface area contributed by atoms with Crippen LogP contribution in [0.15, 0.2) is 43.0 Å². The van der Waals surface area contributed by atoms with E-state index < -0.39 is 0 Å². The van der Waals surface area contributed by atoms with Crippen molar-refractivity contribution in [2.45, 2.75) is 19.8 Å². The van der Waals surface area contributed by atoms with Crippen LogP contribution in [0, 0.1) is 0 Å². The lowest BCUT2D eigenvalue weighted by molar-refractivity contribution is 0.380. The van der Waals surface area contributed by atoms with E-state index in [1.807, 2.05) is 22.9 Å². The standard InChI is InChI=1S/C18H18N6O/c1-11(2)16-22-14-5-4-13(8-15(14)23-16)24-7-6-19-17(24)12-9-20-18(25-3)21-10-12/h4-11H,1-3H3,(H,22,23). The number of methoxy groups -OCH3 is 1. The number of hydrogen-bond acceptors (Lipinski definition) is 5. The lowest BCUT2D eigenvalue weighted by Gasteiger charge is -2.08. The first-order valence-electron chi connectivity index (χ1n) is 8.05. The van der Waals surface area contributed by atoms with Crippen molar-refractivity contribution in [2.75, 3.05) is 7.11 Å². The highest BCUT2D eigenvalue weighted by molar-refractivity contribution is 5.78. The summed E-state index contributed by atoms with van der Waals surface area (Å²) in [6.07, 6.45) is 7.09. The molecule has 1 N–H and O–H groups in total. The van der Waals surface area contributed by atoms with Gasteiger partial charge >= 0.3 is 6.01 Å². The van der Waals surface area contributed by atoms with Crippen LogP contribution < -0.4 is 4.74 Å². The fourth-order valence-electron chi connectivity index (χ4n) is 2.70. The largest absolute Gasteiger partial charge is 0.467 e. The average molecular weight is 334 g/mol. The monoisotopic (exact) mass is 334 g/mol. The third-order valence-electron chi connectivity index (χ3n) is 4.02. The van der Waals surface area contributed by atoms with Gasteiger partial charge in [0.1, 0.15) is 11.6 Å². The van der Waals surface area contributed by atoms with Crippen molar-refractivity contribution in [2.24, 2.45) is 0 Å². The van der Waals surface area contributed by atoms with Gasteiger partial charge in [-0.2, -0.15) is 0 Å². The molecule has 4 aromatic rings. The molecule has 7 heteroatoms. The molecule has 0 aliphatic rings. The molecule has 0 unspecified atom stereocenters. The molecule has 7 nitrogen and oxygen atoms in total. The number of benzene rings is 1. The van der Waals surface area contributed by atoms with E-state index in [1.54, 1.807) is 25.7 Å². The van der Waals surface area contributed by atoms with Crippen molar-refractivity contribution in [3.05, 3.63) is 48.8 Å². The average Bonchev–Trinajstić information content (AvgIpc) is 3.28. The van der Waals surface area contributed by atoms with E-state index >= 15 is 0 Å². The van der Waals surface area contributed by atoms with Crippen LogP contribution in [0.3, 0.4) is 0 Å². The first kappa shape index (κ1) is 15.3. The van der Waals surface area contributed by atoms with Gasteiger partial charge in [0, 0.05) is 36.4 Å². The molecule has 0 bridgehead atoms. The van der Waals surface area contributed by atoms with Crippen LogP contribution in [0.4, 0.5) is 0 Å². The van der Waals surface area contributed by atoms with Crippen molar-refractivity contribution >= 4 is 11.0 Å². The number of H-pyrrole nitrogens is 1. The van der Waals surface area contributed by atoms with Crippen molar-refractivity contribution in [1.29, 1.82) is 0 Å². The Morgan fingerprint density at radius 3 is 2.64 bits per heavy atom. The number of nitrogens with one attached hydrogen (secondary N) is 1. The number of fused-ring (bicyclic) bond motifs is 1. The van der Waals surface area contributed by atoms with Crippen LogP contribution >= 0.6 is 0 Å². The van der Waals surface area contributed by atoms with E-state index in [2.05, 4.69) is 44.8 Å². The first-order chi connectivity index (χ1) is 12.2. The summed E-state index contributed by atoms with van der Waals surface area (Å²) in [5, 5.41) is 0. The van der Waals surface area contributed by atoms with Crippen LogP contribution in [0.2, 0.25) is 0 Å². The molecule has 3 aromatic heterocycles. The molecule has 3 heterocycles. The van der Waals surface area contributed by atoms with Gasteiger partial charge in [-0.25, -0.2) is 19.9 Å². The Balaban J connectivity index is 1.77. The van der Waals surface area contributed by atoms with Gasteiger partial charge in [-0.05, 0) is 18.2 Å². The number of hydrogen-bond donors (Lipinski definition) is 1. The topological polar surface area (TPSA) is 81.5 Å². The lowest BCUT2D eigenvalue weighted by Crippen LogP contribution is -1.98. The van der Waals surface area contributed by atoms with Crippen molar-refractivity contribution < 1.29 is 4.74 Å². The maximum atomic E-state index is 5.01. The fourth-order valence-corrected chi connectivity index (χ4v) is 2.70. The lowest BCUT2D eigenvalue weighted by atomic mass is 10.2. The minimum absolute atomic E-state index is 0.335. The van der Waals surface area contributed by atoms with Gasteiger partial charge in [0.15, 0.2) is 0 Å². The van der Waals surface area contributed by atoms with E-state index in [9.17, 15) is 0 Å². The fraction of sp³-hybridized carbons (Fsp3) is 0.222. The van der Waals surface area contributed by atoms with Crippen molar-refractivity contribution in [3.8, 4) is 23.1 Å². The normalized spacial score (nSPS) is 11.4. The molecule has 0 fully saturated rings. The summed E-state index contributed by atoms with van der Waals surface area (Å²) in [7, 11) is 1.54. The molecule has 0 spiro atoms. The van der Waals surface area contributed by atoms with Crippen LogP contribution in [0.25, 0.3) is 28.1 Å². The number of nitrogens with zero attached hydrogens (tertiary/aromatic N) is 5. The summed E-state index contributed by atoms with van der Waals surface area (Å²) < 4.78 is 7.01. The Kier molecular flexibility index (Phi) is 3.68. The highest BCUT2D eigenvalue weighted by Crippen LogP contribution is 2.24. The van der Waals surface area contributed by atoms with Crippen LogP contribution in [0.1, 0.15) is 25.6 Å². The smallest absolute Gasteiger partial charge is 0.316 e. The summed E-state index contributed by atoms with van der Waals surface area (Å²) in [5.74, 6) is 2.11. The van der Waals surface area contributed by atoms with Gasteiger partial charge in [0.2, 0.25) is 0 Å². The molecule has 1 aromatic carbocycles. The zero-order valence-corrected chi connectivity index (χ0v) is 14.3. The molecule has 0 amide bonds. The van der Waals surface area contributed by atoms with Crippen molar-refractivity contribution in [3.63, 3.8) is 0 Å². The Labute approximate surface area is 144 Å². The zero-order chi connectivity index (χ0) is 17.4. The van der Waals surface area contributed by atoms with Crippen LogP contribution in [-0.4, -0.2) is 36.6 Å².